The predicted molar refractivity (Wildman–Crippen MR) is 94.8 cm³/mol. The zero-order valence-corrected chi connectivity index (χ0v) is 14.4. The molecule has 0 radical (unpaired) electrons. The molecule has 9 heteroatoms. The SMILES string of the molecule is NCC1(NC(=O)CCCn2c(=O)oc3cc([N+](=O)[O-])ccc32)CCCC1. The van der Waals surface area contributed by atoms with Gasteiger partial charge in [0.2, 0.25) is 5.91 Å². The van der Waals surface area contributed by atoms with Crippen LogP contribution in [-0.2, 0) is 11.3 Å². The molecule has 2 aromatic rings. The molecule has 1 heterocycles. The molecule has 0 saturated heterocycles. The van der Waals surface area contributed by atoms with Gasteiger partial charge in [-0.15, -0.1) is 0 Å². The fourth-order valence-electron chi connectivity index (χ4n) is 3.57. The van der Waals surface area contributed by atoms with Crippen LogP contribution in [0.5, 0.6) is 0 Å². The number of nitrogens with two attached hydrogens (primary N) is 1. The van der Waals surface area contributed by atoms with E-state index in [4.69, 9.17) is 10.2 Å². The molecule has 9 nitrogen and oxygen atoms in total. The summed E-state index contributed by atoms with van der Waals surface area (Å²) >= 11 is 0. The van der Waals surface area contributed by atoms with Gasteiger partial charge < -0.3 is 15.5 Å². The van der Waals surface area contributed by atoms with Crippen molar-refractivity contribution in [3.63, 3.8) is 0 Å². The zero-order chi connectivity index (χ0) is 18.7. The number of benzene rings is 1. The van der Waals surface area contributed by atoms with E-state index < -0.39 is 10.7 Å². The van der Waals surface area contributed by atoms with E-state index in [0.29, 0.717) is 25.0 Å². The van der Waals surface area contributed by atoms with Gasteiger partial charge in [0, 0.05) is 25.6 Å². The topological polar surface area (TPSA) is 133 Å². The van der Waals surface area contributed by atoms with Crippen molar-refractivity contribution in [1.29, 1.82) is 0 Å². The summed E-state index contributed by atoms with van der Waals surface area (Å²) in [5.74, 6) is -0.663. The summed E-state index contributed by atoms with van der Waals surface area (Å²) in [6, 6.07) is 4.04. The van der Waals surface area contributed by atoms with Gasteiger partial charge in [0.1, 0.15) is 0 Å². The number of nitro groups is 1. The third kappa shape index (κ3) is 3.62. The molecule has 140 valence electrons. The Morgan fingerprint density at radius 3 is 2.77 bits per heavy atom. The minimum atomic E-state index is -0.588. The van der Waals surface area contributed by atoms with Crippen LogP contribution in [-0.4, -0.2) is 27.5 Å². The number of fused-ring (bicyclic) bond motifs is 1. The molecule has 0 spiro atoms. The van der Waals surface area contributed by atoms with Crippen LogP contribution in [0.1, 0.15) is 38.5 Å². The van der Waals surface area contributed by atoms with Crippen LogP contribution >= 0.6 is 0 Å². The molecule has 1 aliphatic rings. The third-order valence-electron chi connectivity index (χ3n) is 5.00. The molecule has 0 unspecified atom stereocenters. The second kappa shape index (κ2) is 7.28. The number of aryl methyl sites for hydroxylation is 1. The van der Waals surface area contributed by atoms with Crippen LogP contribution in [0.4, 0.5) is 5.69 Å². The van der Waals surface area contributed by atoms with Gasteiger partial charge in [0.15, 0.2) is 5.58 Å². The number of rotatable bonds is 7. The van der Waals surface area contributed by atoms with Gasteiger partial charge in [-0.05, 0) is 25.3 Å². The lowest BCUT2D eigenvalue weighted by molar-refractivity contribution is -0.384. The number of hydrogen-bond donors (Lipinski definition) is 2. The number of nitro benzene ring substituents is 1. The van der Waals surface area contributed by atoms with Crippen molar-refractivity contribution >= 4 is 22.7 Å². The van der Waals surface area contributed by atoms with E-state index in [1.54, 1.807) is 0 Å². The molecule has 1 saturated carbocycles. The average Bonchev–Trinajstić information content (AvgIpc) is 3.19. The van der Waals surface area contributed by atoms with Gasteiger partial charge in [-0.25, -0.2) is 4.79 Å². The summed E-state index contributed by atoms with van der Waals surface area (Å²) in [7, 11) is 0. The molecule has 1 aliphatic carbocycles. The Morgan fingerprint density at radius 1 is 1.38 bits per heavy atom. The highest BCUT2D eigenvalue weighted by Gasteiger charge is 2.33. The number of non-ortho nitro benzene ring substituents is 1. The van der Waals surface area contributed by atoms with Crippen LogP contribution in [0.2, 0.25) is 0 Å². The fourth-order valence-corrected chi connectivity index (χ4v) is 3.57. The quantitative estimate of drug-likeness (QED) is 0.568. The molecule has 26 heavy (non-hydrogen) atoms. The molecule has 1 aromatic carbocycles. The molecule has 3 N–H and O–H groups in total. The lowest BCUT2D eigenvalue weighted by atomic mass is 9.97. The summed E-state index contributed by atoms with van der Waals surface area (Å²) in [6.45, 7) is 0.732. The average molecular weight is 362 g/mol. The number of amides is 1. The van der Waals surface area contributed by atoms with Crippen molar-refractivity contribution in [3.8, 4) is 0 Å². The maximum atomic E-state index is 12.2. The van der Waals surface area contributed by atoms with Crippen molar-refractivity contribution in [3.05, 3.63) is 38.9 Å². The van der Waals surface area contributed by atoms with Gasteiger partial charge >= 0.3 is 5.76 Å². The largest absolute Gasteiger partial charge is 0.419 e. The number of carbonyl (C=O) groups is 1. The van der Waals surface area contributed by atoms with E-state index in [-0.39, 0.29) is 29.1 Å². The second-order valence-electron chi connectivity index (χ2n) is 6.77. The van der Waals surface area contributed by atoms with Crippen molar-refractivity contribution in [1.82, 2.24) is 9.88 Å². The predicted octanol–water partition coefficient (Wildman–Crippen LogP) is 1.67. The number of nitrogens with one attached hydrogen (secondary N) is 1. The molecular formula is C17H22N4O5. The Morgan fingerprint density at radius 2 is 2.12 bits per heavy atom. The van der Waals surface area contributed by atoms with E-state index in [2.05, 4.69) is 5.32 Å². The maximum Gasteiger partial charge on any atom is 0.419 e. The van der Waals surface area contributed by atoms with Crippen LogP contribution < -0.4 is 16.8 Å². The minimum Gasteiger partial charge on any atom is -0.407 e. The minimum absolute atomic E-state index is 0.0752. The highest BCUT2D eigenvalue weighted by molar-refractivity contribution is 5.77. The summed E-state index contributed by atoms with van der Waals surface area (Å²) < 4.78 is 6.46. The molecule has 0 atom stereocenters. The molecule has 1 amide bonds. The highest BCUT2D eigenvalue weighted by atomic mass is 16.6. The van der Waals surface area contributed by atoms with E-state index in [9.17, 15) is 19.7 Å². The molecule has 0 bridgehead atoms. The molecule has 1 fully saturated rings. The number of nitrogens with zero attached hydrogens (tertiary/aromatic N) is 2. The summed E-state index contributed by atoms with van der Waals surface area (Å²) in [4.78, 5) is 34.4. The summed E-state index contributed by atoms with van der Waals surface area (Å²) in [5.41, 5.74) is 6.05. The number of aromatic nitrogens is 1. The normalized spacial score (nSPS) is 16.0. The first kappa shape index (κ1) is 18.1. The van der Waals surface area contributed by atoms with E-state index in [0.717, 1.165) is 25.7 Å². The number of oxazole rings is 1. The zero-order valence-electron chi connectivity index (χ0n) is 14.4. The highest BCUT2D eigenvalue weighted by Crippen LogP contribution is 2.28. The van der Waals surface area contributed by atoms with E-state index in [1.165, 1.54) is 22.8 Å². The Balaban J connectivity index is 1.63. The Bertz CT molecular complexity index is 879. The fraction of sp³-hybridized carbons (Fsp3) is 0.529. The summed E-state index contributed by atoms with van der Waals surface area (Å²) in [5, 5.41) is 13.8. The van der Waals surface area contributed by atoms with E-state index in [1.807, 2.05) is 0 Å². The molecule has 1 aromatic heterocycles. The van der Waals surface area contributed by atoms with Gasteiger partial charge in [-0.3, -0.25) is 19.5 Å². The van der Waals surface area contributed by atoms with Crippen molar-refractivity contribution in [2.24, 2.45) is 5.73 Å². The van der Waals surface area contributed by atoms with E-state index >= 15 is 0 Å². The van der Waals surface area contributed by atoms with Crippen LogP contribution in [0, 0.1) is 10.1 Å². The molecule has 0 aliphatic heterocycles. The van der Waals surface area contributed by atoms with Crippen LogP contribution in [0.3, 0.4) is 0 Å². The standard InChI is InChI=1S/C17H22N4O5/c18-11-17(7-1-2-8-17)19-15(22)4-3-9-20-13-6-5-12(21(24)25)10-14(13)26-16(20)23/h5-6,10H,1-4,7-9,11,18H2,(H,19,22). The van der Waals surface area contributed by atoms with Crippen molar-refractivity contribution in [2.75, 3.05) is 6.54 Å². The first-order valence-corrected chi connectivity index (χ1v) is 8.73. The summed E-state index contributed by atoms with van der Waals surface area (Å²) in [6.07, 6.45) is 4.67. The van der Waals surface area contributed by atoms with Crippen molar-refractivity contribution in [2.45, 2.75) is 50.6 Å². The number of hydrogen-bond acceptors (Lipinski definition) is 6. The van der Waals surface area contributed by atoms with Crippen molar-refractivity contribution < 1.29 is 14.1 Å². The lowest BCUT2D eigenvalue weighted by Gasteiger charge is -2.28. The first-order valence-electron chi connectivity index (χ1n) is 8.73. The van der Waals surface area contributed by atoms with Gasteiger partial charge in [0.25, 0.3) is 5.69 Å². The van der Waals surface area contributed by atoms with Crippen LogP contribution in [0.25, 0.3) is 11.1 Å². The monoisotopic (exact) mass is 362 g/mol. The lowest BCUT2D eigenvalue weighted by Crippen LogP contribution is -2.51. The third-order valence-corrected chi connectivity index (χ3v) is 5.00. The molecule has 3 rings (SSSR count). The van der Waals surface area contributed by atoms with Crippen LogP contribution in [0.15, 0.2) is 27.4 Å². The maximum absolute atomic E-state index is 12.2. The first-order chi connectivity index (χ1) is 12.4. The number of carbonyl (C=O) groups excluding carboxylic acids is 1. The Labute approximate surface area is 149 Å². The van der Waals surface area contributed by atoms with Gasteiger partial charge in [0.05, 0.1) is 22.0 Å². The Kier molecular flexibility index (Phi) is 5.08. The second-order valence-corrected chi connectivity index (χ2v) is 6.77. The Hall–Kier alpha value is -2.68. The molecular weight excluding hydrogens is 340 g/mol. The smallest absolute Gasteiger partial charge is 0.407 e. The van der Waals surface area contributed by atoms with Gasteiger partial charge in [-0.2, -0.15) is 0 Å². The van der Waals surface area contributed by atoms with Gasteiger partial charge in [-0.1, -0.05) is 12.8 Å².